The van der Waals surface area contributed by atoms with E-state index in [2.05, 4.69) is 14.7 Å². The van der Waals surface area contributed by atoms with E-state index in [0.29, 0.717) is 18.5 Å². The molecule has 0 aromatic carbocycles. The zero-order valence-electron chi connectivity index (χ0n) is 17.7. The molecule has 0 aliphatic heterocycles. The summed E-state index contributed by atoms with van der Waals surface area (Å²) >= 11 is 11.1. The van der Waals surface area contributed by atoms with Gasteiger partial charge in [0, 0.05) is 12.4 Å². The van der Waals surface area contributed by atoms with E-state index >= 15 is 0 Å². The van der Waals surface area contributed by atoms with Gasteiger partial charge in [0.15, 0.2) is 5.92 Å². The minimum absolute atomic E-state index is 0. The minimum atomic E-state index is -4.59. The number of pyridine rings is 2. The van der Waals surface area contributed by atoms with Gasteiger partial charge in [0.1, 0.15) is 0 Å². The number of rotatable bonds is 3. The molecule has 0 N–H and O–H groups in total. The molecule has 1 atom stereocenters. The molecule has 0 spiro atoms. The third-order valence-electron chi connectivity index (χ3n) is 3.53. The standard InChI is InChI=1S/C10H6ClF3N2O2.C8H4ClF3N2.CH3.Na/c1-18-9(17)6(3-15)8-7(11)2-5(4-16-8)10(12,13)14;9-6-3-5(8(10,11)12)4-14-7(6)1-2-13;;/h2,4,6H,1H3;3-4H,1H2;1H3;/q;;-1;+1. The van der Waals surface area contributed by atoms with E-state index in [9.17, 15) is 31.1 Å². The summed E-state index contributed by atoms with van der Waals surface area (Å²) < 4.78 is 77.7. The fourth-order valence-electron chi connectivity index (χ4n) is 1.99. The molecule has 0 aliphatic carbocycles. The van der Waals surface area contributed by atoms with Gasteiger partial charge in [0.05, 0.1) is 58.2 Å². The van der Waals surface area contributed by atoms with Crippen molar-refractivity contribution in [3.8, 4) is 12.1 Å². The van der Waals surface area contributed by atoms with Gasteiger partial charge in [0.2, 0.25) is 0 Å². The molecular formula is C19H13Cl2F6N4NaO2. The van der Waals surface area contributed by atoms with Gasteiger partial charge in [-0.3, -0.25) is 14.8 Å². The maximum Gasteiger partial charge on any atom is 1.00 e. The average molecular weight is 537 g/mol. The molecule has 15 heteroatoms. The number of aromatic nitrogens is 2. The predicted octanol–water partition coefficient (Wildman–Crippen LogP) is 2.81. The van der Waals surface area contributed by atoms with Crippen molar-refractivity contribution in [2.75, 3.05) is 7.11 Å². The van der Waals surface area contributed by atoms with Crippen LogP contribution in [0.3, 0.4) is 0 Å². The van der Waals surface area contributed by atoms with Crippen molar-refractivity contribution in [2.24, 2.45) is 0 Å². The van der Waals surface area contributed by atoms with Crippen LogP contribution in [0.5, 0.6) is 0 Å². The third-order valence-corrected chi connectivity index (χ3v) is 4.16. The van der Waals surface area contributed by atoms with Crippen LogP contribution in [0.15, 0.2) is 24.5 Å². The SMILES string of the molecule is COC(=O)C(C#N)c1ncc(C(F)(F)F)cc1Cl.N#CCc1ncc(C(F)(F)F)cc1Cl.[CH3-].[Na+]. The first-order valence-corrected chi connectivity index (χ1v) is 8.80. The number of alkyl halides is 6. The van der Waals surface area contributed by atoms with Crippen LogP contribution < -0.4 is 29.6 Å². The average Bonchev–Trinajstić information content (AvgIpc) is 2.70. The summed E-state index contributed by atoms with van der Waals surface area (Å²) in [5.41, 5.74) is -2.08. The zero-order valence-corrected chi connectivity index (χ0v) is 21.2. The Morgan fingerprint density at radius 3 is 1.85 bits per heavy atom. The van der Waals surface area contributed by atoms with Crippen LogP contribution in [0.2, 0.25) is 10.0 Å². The van der Waals surface area contributed by atoms with Crippen molar-refractivity contribution >= 4 is 29.2 Å². The molecule has 34 heavy (non-hydrogen) atoms. The number of hydrogen-bond donors (Lipinski definition) is 0. The molecule has 178 valence electrons. The second-order valence-corrected chi connectivity index (χ2v) is 6.47. The van der Waals surface area contributed by atoms with Crippen LogP contribution in [0.1, 0.15) is 28.4 Å². The number of carbonyl (C=O) groups excluding carboxylic acids is 1. The van der Waals surface area contributed by atoms with Crippen LogP contribution in [-0.4, -0.2) is 23.0 Å². The summed E-state index contributed by atoms with van der Waals surface area (Å²) in [4.78, 5) is 18.1. The fourth-order valence-corrected chi connectivity index (χ4v) is 2.49. The Balaban J connectivity index is 0. The Bertz CT molecular complexity index is 1070. The van der Waals surface area contributed by atoms with Crippen molar-refractivity contribution in [2.45, 2.75) is 24.7 Å². The number of nitrogens with zero attached hydrogens (tertiary/aromatic N) is 4. The first-order valence-electron chi connectivity index (χ1n) is 8.04. The number of methoxy groups -OCH3 is 1. The van der Waals surface area contributed by atoms with Crippen molar-refractivity contribution < 1.29 is 65.4 Å². The monoisotopic (exact) mass is 536 g/mol. The molecule has 6 nitrogen and oxygen atoms in total. The molecule has 2 aromatic heterocycles. The summed E-state index contributed by atoms with van der Waals surface area (Å²) in [7, 11) is 1.05. The Labute approximate surface area is 222 Å². The van der Waals surface area contributed by atoms with E-state index in [1.807, 2.05) is 0 Å². The molecule has 0 fully saturated rings. The molecule has 1 unspecified atom stereocenters. The number of esters is 1. The molecule has 2 heterocycles. The quantitative estimate of drug-likeness (QED) is 0.259. The zero-order chi connectivity index (χ0) is 24.7. The fraction of sp³-hybridized carbons (Fsp3) is 0.263. The molecule has 0 saturated carbocycles. The van der Waals surface area contributed by atoms with E-state index in [0.717, 1.165) is 13.2 Å². The molecule has 0 aliphatic rings. The van der Waals surface area contributed by atoms with E-state index < -0.39 is 40.4 Å². The smallest absolute Gasteiger partial charge is 0.468 e. The van der Waals surface area contributed by atoms with Gasteiger partial charge in [-0.25, -0.2) is 0 Å². The molecule has 2 aromatic rings. The van der Waals surface area contributed by atoms with Crippen LogP contribution >= 0.6 is 23.2 Å². The summed E-state index contributed by atoms with van der Waals surface area (Å²) in [6, 6.07) is 4.69. The molecule has 0 amide bonds. The van der Waals surface area contributed by atoms with Crippen molar-refractivity contribution in [1.82, 2.24) is 9.97 Å². The molecule has 0 saturated heterocycles. The molecular weight excluding hydrogens is 524 g/mol. The summed E-state index contributed by atoms with van der Waals surface area (Å²) in [6.45, 7) is 0. The second kappa shape index (κ2) is 14.3. The summed E-state index contributed by atoms with van der Waals surface area (Å²) in [5, 5.41) is 16.5. The van der Waals surface area contributed by atoms with Crippen LogP contribution in [0, 0.1) is 30.1 Å². The van der Waals surface area contributed by atoms with Crippen molar-refractivity contribution in [3.63, 3.8) is 0 Å². The molecule has 0 bridgehead atoms. The minimum Gasteiger partial charge on any atom is -0.468 e. The van der Waals surface area contributed by atoms with E-state index in [4.69, 9.17) is 33.7 Å². The predicted molar refractivity (Wildman–Crippen MR) is 105 cm³/mol. The van der Waals surface area contributed by atoms with Gasteiger partial charge in [-0.05, 0) is 12.1 Å². The van der Waals surface area contributed by atoms with Crippen molar-refractivity contribution in [3.05, 3.63) is 64.5 Å². The normalized spacial score (nSPS) is 11.3. The van der Waals surface area contributed by atoms with Gasteiger partial charge in [-0.15, -0.1) is 0 Å². The van der Waals surface area contributed by atoms with Gasteiger partial charge < -0.3 is 12.2 Å². The first-order chi connectivity index (χ1) is 14.8. The largest absolute Gasteiger partial charge is 1.00 e. The van der Waals surface area contributed by atoms with Crippen molar-refractivity contribution in [1.29, 1.82) is 10.5 Å². The number of ether oxygens (including phenoxy) is 1. The maximum absolute atomic E-state index is 12.4. The maximum atomic E-state index is 12.4. The molecule has 2 rings (SSSR count). The number of nitriles is 2. The Hall–Kier alpha value is -2.09. The molecule has 0 radical (unpaired) electrons. The first kappa shape index (κ1) is 34.1. The third kappa shape index (κ3) is 9.65. The number of hydrogen-bond acceptors (Lipinski definition) is 6. The van der Waals surface area contributed by atoms with Gasteiger partial charge in [-0.1, -0.05) is 23.2 Å². The van der Waals surface area contributed by atoms with E-state index in [1.54, 1.807) is 12.1 Å². The van der Waals surface area contributed by atoms with E-state index in [-0.39, 0.29) is 59.8 Å². The van der Waals surface area contributed by atoms with Crippen LogP contribution in [0.25, 0.3) is 0 Å². The second-order valence-electron chi connectivity index (χ2n) is 5.66. The Morgan fingerprint density at radius 2 is 1.50 bits per heavy atom. The topological polar surface area (TPSA) is 99.7 Å². The van der Waals surface area contributed by atoms with Gasteiger partial charge >= 0.3 is 47.9 Å². The number of carbonyl (C=O) groups is 1. The van der Waals surface area contributed by atoms with Gasteiger partial charge in [0.25, 0.3) is 0 Å². The van der Waals surface area contributed by atoms with Crippen LogP contribution in [0.4, 0.5) is 26.3 Å². The summed E-state index contributed by atoms with van der Waals surface area (Å²) in [5.74, 6) is -2.39. The Morgan fingerprint density at radius 1 is 1.03 bits per heavy atom. The van der Waals surface area contributed by atoms with Gasteiger partial charge in [-0.2, -0.15) is 36.9 Å². The van der Waals surface area contributed by atoms with Crippen LogP contribution in [-0.2, 0) is 28.3 Å². The van der Waals surface area contributed by atoms with E-state index in [1.165, 1.54) is 0 Å². The summed E-state index contributed by atoms with van der Waals surface area (Å²) in [6.07, 6.45) is -7.98. The Kier molecular flexibility index (Phi) is 14.4. The number of halogens is 8.